The molecule has 112 valence electrons. The maximum atomic E-state index is 12.9. The highest BCUT2D eigenvalue weighted by molar-refractivity contribution is 6.33. The number of aryl methyl sites for hydroxylation is 1. The molecule has 0 aliphatic carbocycles. The van der Waals surface area contributed by atoms with E-state index in [0.717, 1.165) is 4.68 Å². The lowest BCUT2D eigenvalue weighted by molar-refractivity contribution is -0.385. The Morgan fingerprint density at radius 2 is 1.95 bits per heavy atom. The lowest BCUT2D eigenvalue weighted by Gasteiger charge is -2.11. The largest absolute Gasteiger partial charge is 0.418 e. The van der Waals surface area contributed by atoms with Gasteiger partial charge in [-0.25, -0.2) is 4.79 Å². The molecule has 0 aliphatic heterocycles. The smallest absolute Gasteiger partial charge is 0.258 e. The maximum Gasteiger partial charge on any atom is 0.418 e. The van der Waals surface area contributed by atoms with Gasteiger partial charge in [-0.3, -0.25) is 10.1 Å². The Bertz CT molecular complexity index is 782. The minimum atomic E-state index is -4.93. The predicted molar refractivity (Wildman–Crippen MR) is 63.3 cm³/mol. The first kappa shape index (κ1) is 15.0. The molecule has 0 radical (unpaired) electrons. The molecule has 0 fully saturated rings. The normalized spacial score (nSPS) is 11.7. The number of aromatic nitrogens is 4. The van der Waals surface area contributed by atoms with Crippen molar-refractivity contribution in [3.63, 3.8) is 0 Å². The number of alkyl halides is 3. The monoisotopic (exact) mass is 323 g/mol. The van der Waals surface area contributed by atoms with E-state index in [0.29, 0.717) is 10.7 Å². The highest BCUT2D eigenvalue weighted by Crippen LogP contribution is 2.39. The van der Waals surface area contributed by atoms with Crippen LogP contribution in [0.5, 0.6) is 0 Å². The van der Waals surface area contributed by atoms with Gasteiger partial charge in [0, 0.05) is 19.2 Å². The van der Waals surface area contributed by atoms with Gasteiger partial charge in [-0.1, -0.05) is 11.6 Å². The lowest BCUT2D eigenvalue weighted by atomic mass is 10.1. The molecule has 0 saturated heterocycles. The fourth-order valence-corrected chi connectivity index (χ4v) is 1.82. The summed E-state index contributed by atoms with van der Waals surface area (Å²) in [5.41, 5.74) is -3.79. The zero-order valence-corrected chi connectivity index (χ0v) is 10.9. The third-order valence-corrected chi connectivity index (χ3v) is 2.90. The van der Waals surface area contributed by atoms with Crippen LogP contribution in [0.3, 0.4) is 0 Å². The van der Waals surface area contributed by atoms with E-state index in [4.69, 9.17) is 11.6 Å². The first-order chi connectivity index (χ1) is 9.62. The molecule has 0 unspecified atom stereocenters. The molecule has 2 rings (SSSR count). The molecular formula is C9H5ClF3N5O3. The zero-order valence-electron chi connectivity index (χ0n) is 10.1. The van der Waals surface area contributed by atoms with Crippen LogP contribution < -0.4 is 5.69 Å². The van der Waals surface area contributed by atoms with Crippen LogP contribution in [0.2, 0.25) is 5.02 Å². The van der Waals surface area contributed by atoms with Gasteiger partial charge in [-0.05, 0) is 10.4 Å². The van der Waals surface area contributed by atoms with Crippen molar-refractivity contribution < 1.29 is 18.1 Å². The van der Waals surface area contributed by atoms with E-state index >= 15 is 0 Å². The van der Waals surface area contributed by atoms with Crippen molar-refractivity contribution >= 4 is 17.3 Å². The van der Waals surface area contributed by atoms with Crippen molar-refractivity contribution in [2.24, 2.45) is 7.05 Å². The molecule has 0 amide bonds. The standard InChI is InChI=1S/C9H5ClF3N5O3/c1-16-8(19)17(15-14-16)6-3-4(18(20)21)2-5(7(6)10)9(11,12)13/h2-3H,1H3. The average Bonchev–Trinajstić information content (AvgIpc) is 2.69. The summed E-state index contributed by atoms with van der Waals surface area (Å²) in [6.07, 6.45) is -4.93. The third kappa shape index (κ3) is 2.59. The number of tetrazole rings is 1. The molecule has 0 atom stereocenters. The van der Waals surface area contributed by atoms with E-state index in [2.05, 4.69) is 10.4 Å². The molecule has 1 heterocycles. The van der Waals surface area contributed by atoms with E-state index in [1.165, 1.54) is 7.05 Å². The summed E-state index contributed by atoms with van der Waals surface area (Å²) in [7, 11) is 1.21. The quantitative estimate of drug-likeness (QED) is 0.617. The lowest BCUT2D eigenvalue weighted by Crippen LogP contribution is -2.23. The predicted octanol–water partition coefficient (Wildman–Crippen LogP) is 1.55. The minimum absolute atomic E-state index is 0.285. The summed E-state index contributed by atoms with van der Waals surface area (Å²) in [5, 5.41) is 16.5. The van der Waals surface area contributed by atoms with Crippen molar-refractivity contribution in [3.8, 4) is 5.69 Å². The Kier molecular flexibility index (Phi) is 3.45. The van der Waals surface area contributed by atoms with Crippen LogP contribution in [0.15, 0.2) is 16.9 Å². The van der Waals surface area contributed by atoms with E-state index in [1.807, 2.05) is 0 Å². The van der Waals surface area contributed by atoms with Crippen LogP contribution in [0.25, 0.3) is 5.69 Å². The highest BCUT2D eigenvalue weighted by Gasteiger charge is 2.37. The van der Waals surface area contributed by atoms with Crippen LogP contribution in [0.4, 0.5) is 18.9 Å². The number of nitro benzene ring substituents is 1. The van der Waals surface area contributed by atoms with E-state index in [-0.39, 0.29) is 6.07 Å². The summed E-state index contributed by atoms with van der Waals surface area (Å²) >= 11 is 5.61. The second kappa shape index (κ2) is 4.84. The van der Waals surface area contributed by atoms with Gasteiger partial charge in [-0.2, -0.15) is 22.5 Å². The summed E-state index contributed by atoms with van der Waals surface area (Å²) in [4.78, 5) is 21.4. The van der Waals surface area contributed by atoms with Crippen molar-refractivity contribution in [1.82, 2.24) is 19.8 Å². The molecule has 2 aromatic rings. The summed E-state index contributed by atoms with van der Waals surface area (Å²) in [6, 6.07) is 1.00. The SMILES string of the molecule is Cn1nnn(-c2cc([N+](=O)[O-])cc(C(F)(F)F)c2Cl)c1=O. The van der Waals surface area contributed by atoms with Crippen LogP contribution in [-0.2, 0) is 13.2 Å². The van der Waals surface area contributed by atoms with Crippen molar-refractivity contribution in [2.75, 3.05) is 0 Å². The summed E-state index contributed by atoms with van der Waals surface area (Å²) in [6.45, 7) is 0. The van der Waals surface area contributed by atoms with E-state index in [9.17, 15) is 28.1 Å². The van der Waals surface area contributed by atoms with Gasteiger partial charge in [0.25, 0.3) is 5.69 Å². The number of halogens is 4. The topological polar surface area (TPSA) is 95.8 Å². The molecular weight excluding hydrogens is 319 g/mol. The molecule has 1 aromatic heterocycles. The number of hydrogen-bond donors (Lipinski definition) is 0. The van der Waals surface area contributed by atoms with Gasteiger partial charge in [0.2, 0.25) is 0 Å². The fourth-order valence-electron chi connectivity index (χ4n) is 1.52. The summed E-state index contributed by atoms with van der Waals surface area (Å²) < 4.78 is 39.8. The number of rotatable bonds is 2. The second-order valence-corrected chi connectivity index (χ2v) is 4.26. The molecule has 0 saturated carbocycles. The Morgan fingerprint density at radius 1 is 1.33 bits per heavy atom. The Balaban J connectivity index is 2.83. The highest BCUT2D eigenvalue weighted by atomic mass is 35.5. The molecule has 1 aromatic carbocycles. The van der Waals surface area contributed by atoms with Gasteiger partial charge in [0.05, 0.1) is 21.2 Å². The molecule has 21 heavy (non-hydrogen) atoms. The molecule has 8 nitrogen and oxygen atoms in total. The van der Waals surface area contributed by atoms with Gasteiger partial charge in [-0.15, -0.1) is 0 Å². The average molecular weight is 324 g/mol. The molecule has 12 heteroatoms. The van der Waals surface area contributed by atoms with E-state index in [1.54, 1.807) is 0 Å². The Labute approximate surface area is 118 Å². The first-order valence-electron chi connectivity index (χ1n) is 5.17. The Morgan fingerprint density at radius 3 is 2.38 bits per heavy atom. The van der Waals surface area contributed by atoms with Crippen LogP contribution in [0, 0.1) is 10.1 Å². The number of non-ortho nitro benzene ring substituents is 1. The van der Waals surface area contributed by atoms with Crippen molar-refractivity contribution in [2.45, 2.75) is 6.18 Å². The number of hydrogen-bond acceptors (Lipinski definition) is 5. The van der Waals surface area contributed by atoms with Crippen molar-refractivity contribution in [3.05, 3.63) is 43.3 Å². The van der Waals surface area contributed by atoms with Crippen molar-refractivity contribution in [1.29, 1.82) is 0 Å². The zero-order chi connectivity index (χ0) is 15.9. The molecule has 0 bridgehead atoms. The van der Waals surface area contributed by atoms with Gasteiger partial charge in [0.1, 0.15) is 0 Å². The molecule has 0 N–H and O–H groups in total. The molecule has 0 aliphatic rings. The summed E-state index contributed by atoms with van der Waals surface area (Å²) in [5.74, 6) is 0. The van der Waals surface area contributed by atoms with Crippen LogP contribution in [-0.4, -0.2) is 24.7 Å². The van der Waals surface area contributed by atoms with Gasteiger partial charge >= 0.3 is 11.9 Å². The van der Waals surface area contributed by atoms with Gasteiger partial charge in [0.15, 0.2) is 0 Å². The van der Waals surface area contributed by atoms with Crippen LogP contribution in [0.1, 0.15) is 5.56 Å². The van der Waals surface area contributed by atoms with E-state index < -0.39 is 38.8 Å². The first-order valence-corrected chi connectivity index (χ1v) is 5.55. The number of benzene rings is 1. The van der Waals surface area contributed by atoms with Gasteiger partial charge < -0.3 is 0 Å². The number of nitrogens with zero attached hydrogens (tertiary/aromatic N) is 5. The second-order valence-electron chi connectivity index (χ2n) is 3.88. The third-order valence-electron chi connectivity index (χ3n) is 2.50. The maximum absolute atomic E-state index is 12.9. The fraction of sp³-hybridized carbons (Fsp3) is 0.222. The van der Waals surface area contributed by atoms with Crippen LogP contribution >= 0.6 is 11.6 Å². The number of nitro groups is 1. The molecule has 0 spiro atoms. The Hall–Kier alpha value is -2.43. The minimum Gasteiger partial charge on any atom is -0.258 e.